The second-order valence-corrected chi connectivity index (χ2v) is 7.99. The lowest BCUT2D eigenvalue weighted by atomic mass is 10.0. The Bertz CT molecular complexity index is 643. The van der Waals surface area contributed by atoms with Crippen LogP contribution in [0.3, 0.4) is 0 Å². The van der Waals surface area contributed by atoms with Gasteiger partial charge in [-0.2, -0.15) is 4.31 Å². The van der Waals surface area contributed by atoms with Gasteiger partial charge in [-0.1, -0.05) is 30.7 Å². The standard InChI is InChI=1S/C17H26N2O4S/c1-3-23-13-15-9-7-14(8-10-15)12-18-17(20)16-6-4-5-11-19(16)24(2,21)22/h7-10,16H,3-6,11-13H2,1-2H3,(H,18,20). The number of sulfonamides is 1. The molecule has 0 aromatic heterocycles. The molecule has 0 saturated carbocycles. The van der Waals surface area contributed by atoms with E-state index >= 15 is 0 Å². The van der Waals surface area contributed by atoms with Crippen molar-refractivity contribution in [1.82, 2.24) is 9.62 Å². The van der Waals surface area contributed by atoms with Gasteiger partial charge in [0.25, 0.3) is 0 Å². The predicted molar refractivity (Wildman–Crippen MR) is 92.8 cm³/mol. The molecular formula is C17H26N2O4S. The number of amides is 1. The maximum absolute atomic E-state index is 12.4. The molecule has 6 nitrogen and oxygen atoms in total. The third-order valence-electron chi connectivity index (χ3n) is 4.14. The van der Waals surface area contributed by atoms with E-state index in [0.29, 0.717) is 32.7 Å². The van der Waals surface area contributed by atoms with Crippen molar-refractivity contribution in [2.75, 3.05) is 19.4 Å². The summed E-state index contributed by atoms with van der Waals surface area (Å²) in [7, 11) is -3.36. The number of carbonyl (C=O) groups is 1. The van der Waals surface area contributed by atoms with Crippen molar-refractivity contribution in [3.63, 3.8) is 0 Å². The Hall–Kier alpha value is -1.44. The number of hydrogen-bond acceptors (Lipinski definition) is 4. The molecule has 1 heterocycles. The molecule has 1 saturated heterocycles. The summed E-state index contributed by atoms with van der Waals surface area (Å²) >= 11 is 0. The molecule has 0 spiro atoms. The monoisotopic (exact) mass is 354 g/mol. The average molecular weight is 354 g/mol. The first-order valence-electron chi connectivity index (χ1n) is 8.32. The zero-order valence-electron chi connectivity index (χ0n) is 14.3. The molecule has 1 aliphatic heterocycles. The van der Waals surface area contributed by atoms with Gasteiger partial charge >= 0.3 is 0 Å². The van der Waals surface area contributed by atoms with E-state index in [-0.39, 0.29) is 5.91 Å². The minimum absolute atomic E-state index is 0.224. The Labute approximate surface area is 144 Å². The molecule has 1 aromatic carbocycles. The molecular weight excluding hydrogens is 328 g/mol. The number of ether oxygens (including phenoxy) is 1. The fraction of sp³-hybridized carbons (Fsp3) is 0.588. The molecule has 0 aliphatic carbocycles. The van der Waals surface area contributed by atoms with Crippen LogP contribution in [0.25, 0.3) is 0 Å². The van der Waals surface area contributed by atoms with Crippen molar-refractivity contribution in [2.24, 2.45) is 0 Å². The number of rotatable bonds is 7. The highest BCUT2D eigenvalue weighted by Gasteiger charge is 2.34. The second kappa shape index (κ2) is 8.60. The third-order valence-corrected chi connectivity index (χ3v) is 5.43. The van der Waals surface area contributed by atoms with Crippen LogP contribution in [0.2, 0.25) is 0 Å². The fourth-order valence-corrected chi connectivity index (χ4v) is 3.97. The highest BCUT2D eigenvalue weighted by atomic mass is 32.2. The number of benzene rings is 1. The molecule has 24 heavy (non-hydrogen) atoms. The number of carbonyl (C=O) groups excluding carboxylic acids is 1. The van der Waals surface area contributed by atoms with Crippen molar-refractivity contribution in [3.05, 3.63) is 35.4 Å². The van der Waals surface area contributed by atoms with E-state index < -0.39 is 16.1 Å². The van der Waals surface area contributed by atoms with E-state index in [1.165, 1.54) is 4.31 Å². The predicted octanol–water partition coefficient (Wildman–Crippen LogP) is 1.65. The van der Waals surface area contributed by atoms with Crippen LogP contribution in [0.5, 0.6) is 0 Å². The van der Waals surface area contributed by atoms with E-state index in [9.17, 15) is 13.2 Å². The molecule has 1 fully saturated rings. The van der Waals surface area contributed by atoms with Crippen LogP contribution in [0, 0.1) is 0 Å². The summed E-state index contributed by atoms with van der Waals surface area (Å²) in [6, 6.07) is 7.25. The van der Waals surface area contributed by atoms with E-state index in [1.54, 1.807) is 0 Å². The van der Waals surface area contributed by atoms with Gasteiger partial charge in [0, 0.05) is 19.7 Å². The summed E-state index contributed by atoms with van der Waals surface area (Å²) in [6.45, 7) is 4.02. The van der Waals surface area contributed by atoms with Gasteiger partial charge in [-0.25, -0.2) is 8.42 Å². The van der Waals surface area contributed by atoms with Gasteiger partial charge in [0.15, 0.2) is 0 Å². The molecule has 1 atom stereocenters. The molecule has 0 radical (unpaired) electrons. The molecule has 1 unspecified atom stereocenters. The molecule has 134 valence electrons. The van der Waals surface area contributed by atoms with Crippen molar-refractivity contribution in [1.29, 1.82) is 0 Å². The lowest BCUT2D eigenvalue weighted by molar-refractivity contribution is -0.125. The van der Waals surface area contributed by atoms with Crippen LogP contribution in [0.1, 0.15) is 37.3 Å². The van der Waals surface area contributed by atoms with Crippen molar-refractivity contribution in [3.8, 4) is 0 Å². The Morgan fingerprint density at radius 3 is 2.54 bits per heavy atom. The molecule has 2 rings (SSSR count). The van der Waals surface area contributed by atoms with Crippen LogP contribution >= 0.6 is 0 Å². The molecule has 1 N–H and O–H groups in total. The van der Waals surface area contributed by atoms with Gasteiger partial charge < -0.3 is 10.1 Å². The second-order valence-electron chi connectivity index (χ2n) is 6.06. The Morgan fingerprint density at radius 2 is 1.92 bits per heavy atom. The van der Waals surface area contributed by atoms with Crippen molar-refractivity contribution >= 4 is 15.9 Å². The zero-order valence-corrected chi connectivity index (χ0v) is 15.1. The lowest BCUT2D eigenvalue weighted by Crippen LogP contribution is -2.51. The number of nitrogens with zero attached hydrogens (tertiary/aromatic N) is 1. The third kappa shape index (κ3) is 5.29. The minimum Gasteiger partial charge on any atom is -0.377 e. The van der Waals surface area contributed by atoms with E-state index in [2.05, 4.69) is 5.32 Å². The zero-order chi connectivity index (χ0) is 17.6. The average Bonchev–Trinajstić information content (AvgIpc) is 2.58. The molecule has 1 aliphatic rings. The van der Waals surface area contributed by atoms with Crippen LogP contribution in [-0.2, 0) is 32.7 Å². The molecule has 7 heteroatoms. The van der Waals surface area contributed by atoms with Crippen molar-refractivity contribution < 1.29 is 17.9 Å². The van der Waals surface area contributed by atoms with Gasteiger partial charge in [0.2, 0.25) is 15.9 Å². The first kappa shape index (κ1) is 18.9. The topological polar surface area (TPSA) is 75.7 Å². The maximum atomic E-state index is 12.4. The Kier molecular flexibility index (Phi) is 6.77. The first-order valence-corrected chi connectivity index (χ1v) is 10.2. The first-order chi connectivity index (χ1) is 11.4. The van der Waals surface area contributed by atoms with Gasteiger partial charge in [-0.05, 0) is 30.9 Å². The summed E-state index contributed by atoms with van der Waals surface area (Å²) in [6.07, 6.45) is 3.41. The van der Waals surface area contributed by atoms with Gasteiger partial charge in [-0.3, -0.25) is 4.79 Å². The smallest absolute Gasteiger partial charge is 0.238 e. The highest BCUT2D eigenvalue weighted by Crippen LogP contribution is 2.20. The quantitative estimate of drug-likeness (QED) is 0.808. The largest absolute Gasteiger partial charge is 0.377 e. The van der Waals surface area contributed by atoms with E-state index in [1.807, 2.05) is 31.2 Å². The van der Waals surface area contributed by atoms with Crippen LogP contribution in [0.15, 0.2) is 24.3 Å². The Morgan fingerprint density at radius 1 is 1.25 bits per heavy atom. The summed E-state index contributed by atoms with van der Waals surface area (Å²) in [5.41, 5.74) is 2.06. The van der Waals surface area contributed by atoms with Gasteiger partial charge in [0.05, 0.1) is 12.9 Å². The maximum Gasteiger partial charge on any atom is 0.238 e. The summed E-state index contributed by atoms with van der Waals surface area (Å²) in [5, 5.41) is 2.86. The number of hydrogen-bond donors (Lipinski definition) is 1. The van der Waals surface area contributed by atoms with E-state index in [4.69, 9.17) is 4.74 Å². The van der Waals surface area contributed by atoms with Gasteiger partial charge in [-0.15, -0.1) is 0 Å². The van der Waals surface area contributed by atoms with E-state index in [0.717, 1.165) is 30.2 Å². The summed E-state index contributed by atoms with van der Waals surface area (Å²) < 4.78 is 30.3. The number of piperidine rings is 1. The van der Waals surface area contributed by atoms with Crippen molar-refractivity contribution in [2.45, 2.75) is 45.4 Å². The molecule has 1 aromatic rings. The fourth-order valence-electron chi connectivity index (χ4n) is 2.84. The summed E-state index contributed by atoms with van der Waals surface area (Å²) in [5.74, 6) is -0.224. The lowest BCUT2D eigenvalue weighted by Gasteiger charge is -2.32. The summed E-state index contributed by atoms with van der Waals surface area (Å²) in [4.78, 5) is 12.4. The number of nitrogens with one attached hydrogen (secondary N) is 1. The van der Waals surface area contributed by atoms with Crippen LogP contribution < -0.4 is 5.32 Å². The highest BCUT2D eigenvalue weighted by molar-refractivity contribution is 7.88. The minimum atomic E-state index is -3.36. The normalized spacial score (nSPS) is 19.2. The molecule has 0 bridgehead atoms. The SMILES string of the molecule is CCOCc1ccc(CNC(=O)C2CCCCN2S(C)(=O)=O)cc1. The Balaban J connectivity index is 1.92. The van der Waals surface area contributed by atoms with Gasteiger partial charge in [0.1, 0.15) is 6.04 Å². The van der Waals surface area contributed by atoms with Crippen LogP contribution in [-0.4, -0.2) is 44.1 Å². The van der Waals surface area contributed by atoms with Crippen LogP contribution in [0.4, 0.5) is 0 Å². The molecule has 1 amide bonds.